The predicted octanol–water partition coefficient (Wildman–Crippen LogP) is 5.61. The second kappa shape index (κ2) is 8.17. The molecule has 0 aliphatic heterocycles. The zero-order valence-corrected chi connectivity index (χ0v) is 13.9. The number of hydrogen-bond acceptors (Lipinski definition) is 1. The van der Waals surface area contributed by atoms with Crippen LogP contribution in [0.1, 0.15) is 57.9 Å². The topological polar surface area (TPSA) is 12.4 Å². The van der Waals surface area contributed by atoms with E-state index in [0.717, 1.165) is 6.42 Å². The molecule has 2 rings (SSSR count). The van der Waals surface area contributed by atoms with Crippen molar-refractivity contribution in [2.24, 2.45) is 10.9 Å². The van der Waals surface area contributed by atoms with Crippen LogP contribution in [0.3, 0.4) is 0 Å². The molecule has 0 bridgehead atoms. The van der Waals surface area contributed by atoms with E-state index in [1.807, 2.05) is 7.05 Å². The third-order valence-electron chi connectivity index (χ3n) is 4.79. The number of rotatable bonds is 6. The highest BCUT2D eigenvalue weighted by atomic mass is 14.7. The molecule has 1 nitrogen and oxygen atoms in total. The molecular weight excluding hydrogens is 254 g/mol. The molecule has 1 heteroatoms. The Bertz CT molecular complexity index is 496. The van der Waals surface area contributed by atoms with Gasteiger partial charge in [-0.1, -0.05) is 49.2 Å². The third-order valence-corrected chi connectivity index (χ3v) is 4.79. The van der Waals surface area contributed by atoms with Crippen LogP contribution < -0.4 is 0 Å². The molecule has 0 saturated carbocycles. The molecule has 0 radical (unpaired) electrons. The van der Waals surface area contributed by atoms with Gasteiger partial charge < -0.3 is 0 Å². The molecule has 1 aromatic rings. The summed E-state index contributed by atoms with van der Waals surface area (Å²) in [5.74, 6) is 0.702. The molecule has 114 valence electrons. The molecule has 21 heavy (non-hydrogen) atoms. The van der Waals surface area contributed by atoms with Crippen molar-refractivity contribution >= 4 is 5.71 Å². The molecule has 0 amide bonds. The van der Waals surface area contributed by atoms with E-state index < -0.39 is 0 Å². The fourth-order valence-electron chi connectivity index (χ4n) is 3.38. The van der Waals surface area contributed by atoms with Gasteiger partial charge in [-0.05, 0) is 62.5 Å². The lowest BCUT2D eigenvalue weighted by Crippen LogP contribution is -2.15. The molecule has 1 aliphatic carbocycles. The number of hydrogen-bond donors (Lipinski definition) is 0. The van der Waals surface area contributed by atoms with Crippen LogP contribution in [0.4, 0.5) is 0 Å². The van der Waals surface area contributed by atoms with Crippen LogP contribution in [0.15, 0.2) is 46.5 Å². The van der Waals surface area contributed by atoms with Crippen LogP contribution >= 0.6 is 0 Å². The Balaban J connectivity index is 2.06. The highest BCUT2D eigenvalue weighted by Gasteiger charge is 2.18. The largest absolute Gasteiger partial charge is 0.293 e. The summed E-state index contributed by atoms with van der Waals surface area (Å²) in [5, 5.41) is 0. The summed E-state index contributed by atoms with van der Waals surface area (Å²) in [7, 11) is 1.97. The summed E-state index contributed by atoms with van der Waals surface area (Å²) in [5.41, 5.74) is 5.97. The monoisotopic (exact) mass is 283 g/mol. The average molecular weight is 283 g/mol. The van der Waals surface area contributed by atoms with E-state index in [9.17, 15) is 0 Å². The van der Waals surface area contributed by atoms with Crippen molar-refractivity contribution in [2.75, 3.05) is 7.05 Å². The highest BCUT2D eigenvalue weighted by Crippen LogP contribution is 2.28. The van der Waals surface area contributed by atoms with Crippen molar-refractivity contribution in [1.29, 1.82) is 0 Å². The van der Waals surface area contributed by atoms with E-state index in [2.05, 4.69) is 49.2 Å². The molecule has 0 N–H and O–H groups in total. The summed E-state index contributed by atoms with van der Waals surface area (Å²) in [6.07, 6.45) is 8.72. The Hall–Kier alpha value is -1.37. The second-order valence-corrected chi connectivity index (χ2v) is 6.30. The fraction of sp³-hybridized carbons (Fsp3) is 0.550. The van der Waals surface area contributed by atoms with Gasteiger partial charge >= 0.3 is 0 Å². The minimum atomic E-state index is 0.702. The summed E-state index contributed by atoms with van der Waals surface area (Å²) < 4.78 is 0. The molecule has 0 heterocycles. The van der Waals surface area contributed by atoms with Crippen LogP contribution in [-0.4, -0.2) is 12.8 Å². The van der Waals surface area contributed by atoms with Gasteiger partial charge in [-0.15, -0.1) is 0 Å². The standard InChI is InChI=1S/C20H29N/c1-4-17(14-18-11-6-5-7-12-18)15-20(21-3)19-13-9-8-10-16(19)2/h5-7,11-12,17H,4,8-10,13-15H2,1-3H3. The summed E-state index contributed by atoms with van der Waals surface area (Å²) in [6, 6.07) is 10.9. The minimum Gasteiger partial charge on any atom is -0.293 e. The van der Waals surface area contributed by atoms with Crippen molar-refractivity contribution in [3.63, 3.8) is 0 Å². The van der Waals surface area contributed by atoms with Crippen LogP contribution in [0.25, 0.3) is 0 Å². The van der Waals surface area contributed by atoms with Crippen molar-refractivity contribution < 1.29 is 0 Å². The third kappa shape index (κ3) is 4.56. The Morgan fingerprint density at radius 3 is 2.48 bits per heavy atom. The lowest BCUT2D eigenvalue weighted by molar-refractivity contribution is 0.525. The van der Waals surface area contributed by atoms with Crippen LogP contribution in [0.5, 0.6) is 0 Å². The van der Waals surface area contributed by atoms with E-state index in [1.54, 1.807) is 11.1 Å². The molecule has 1 aromatic carbocycles. The molecule has 0 aromatic heterocycles. The number of benzene rings is 1. The molecule has 1 aliphatic rings. The number of allylic oxidation sites excluding steroid dienone is 2. The second-order valence-electron chi connectivity index (χ2n) is 6.30. The van der Waals surface area contributed by atoms with Gasteiger partial charge in [0.25, 0.3) is 0 Å². The van der Waals surface area contributed by atoms with E-state index >= 15 is 0 Å². The zero-order chi connectivity index (χ0) is 15.1. The predicted molar refractivity (Wildman–Crippen MR) is 93.1 cm³/mol. The van der Waals surface area contributed by atoms with Crippen LogP contribution in [-0.2, 0) is 6.42 Å². The van der Waals surface area contributed by atoms with Crippen molar-refractivity contribution in [2.45, 2.75) is 58.8 Å². The quantitative estimate of drug-likeness (QED) is 0.602. The van der Waals surface area contributed by atoms with Crippen molar-refractivity contribution in [3.8, 4) is 0 Å². The van der Waals surface area contributed by atoms with Gasteiger partial charge in [-0.25, -0.2) is 0 Å². The maximum absolute atomic E-state index is 4.65. The van der Waals surface area contributed by atoms with E-state index in [-0.39, 0.29) is 0 Å². The lowest BCUT2D eigenvalue weighted by Gasteiger charge is -2.22. The molecule has 0 saturated heterocycles. The van der Waals surface area contributed by atoms with Crippen molar-refractivity contribution in [3.05, 3.63) is 47.0 Å². The molecule has 1 atom stereocenters. The minimum absolute atomic E-state index is 0.702. The number of aliphatic imine (C=N–C) groups is 1. The number of nitrogens with zero attached hydrogens (tertiary/aromatic N) is 1. The first-order chi connectivity index (χ1) is 10.2. The van der Waals surface area contributed by atoms with Gasteiger partial charge in [0.2, 0.25) is 0 Å². The SMILES string of the molecule is CCC(CC(=NC)C1=C(C)CCCC1)Cc1ccccc1. The van der Waals surface area contributed by atoms with E-state index in [0.29, 0.717) is 5.92 Å². The Morgan fingerprint density at radius 2 is 1.86 bits per heavy atom. The van der Waals surface area contributed by atoms with Crippen LogP contribution in [0, 0.1) is 5.92 Å². The molecule has 0 spiro atoms. The summed E-state index contributed by atoms with van der Waals surface area (Å²) in [6.45, 7) is 4.61. The van der Waals surface area contributed by atoms with Gasteiger partial charge in [0.05, 0.1) is 0 Å². The zero-order valence-electron chi connectivity index (χ0n) is 13.9. The first kappa shape index (κ1) is 16.0. The van der Waals surface area contributed by atoms with Crippen molar-refractivity contribution in [1.82, 2.24) is 0 Å². The first-order valence-electron chi connectivity index (χ1n) is 8.43. The van der Waals surface area contributed by atoms with Crippen LogP contribution in [0.2, 0.25) is 0 Å². The normalized spacial score (nSPS) is 18.0. The Morgan fingerprint density at radius 1 is 1.14 bits per heavy atom. The van der Waals surface area contributed by atoms with Gasteiger partial charge in [-0.2, -0.15) is 0 Å². The maximum Gasteiger partial charge on any atom is 0.0379 e. The Labute approximate surface area is 130 Å². The Kier molecular flexibility index (Phi) is 6.22. The maximum atomic E-state index is 4.65. The van der Waals surface area contributed by atoms with E-state index in [1.165, 1.54) is 49.8 Å². The summed E-state index contributed by atoms with van der Waals surface area (Å²) in [4.78, 5) is 4.65. The van der Waals surface area contributed by atoms with Gasteiger partial charge in [0, 0.05) is 12.8 Å². The smallest absolute Gasteiger partial charge is 0.0379 e. The van der Waals surface area contributed by atoms with Gasteiger partial charge in [0.15, 0.2) is 0 Å². The van der Waals surface area contributed by atoms with Gasteiger partial charge in [0.1, 0.15) is 0 Å². The molecule has 1 unspecified atom stereocenters. The molecular formula is C20H29N. The fourth-order valence-corrected chi connectivity index (χ4v) is 3.38. The molecule has 0 fully saturated rings. The van der Waals surface area contributed by atoms with E-state index in [4.69, 9.17) is 0 Å². The first-order valence-corrected chi connectivity index (χ1v) is 8.43. The lowest BCUT2D eigenvalue weighted by atomic mass is 9.84. The summed E-state index contributed by atoms with van der Waals surface area (Å²) >= 11 is 0. The highest BCUT2D eigenvalue weighted by molar-refractivity contribution is 6.01. The van der Waals surface area contributed by atoms with Gasteiger partial charge in [-0.3, -0.25) is 4.99 Å². The average Bonchev–Trinajstić information content (AvgIpc) is 2.53.